The molecule has 0 saturated heterocycles. The fourth-order valence-corrected chi connectivity index (χ4v) is 2.74. The molecule has 2 aromatic carbocycles. The van der Waals surface area contributed by atoms with Crippen LogP contribution >= 0.6 is 11.6 Å². The van der Waals surface area contributed by atoms with E-state index in [-0.39, 0.29) is 0 Å². The Bertz CT molecular complexity index is 533. The largest absolute Gasteiger partial charge is 0.319 e. The van der Waals surface area contributed by atoms with E-state index in [1.165, 1.54) is 16.7 Å². The molecule has 0 aliphatic rings. The first-order valence-corrected chi connectivity index (χ1v) is 7.50. The summed E-state index contributed by atoms with van der Waals surface area (Å²) < 4.78 is 0. The van der Waals surface area contributed by atoms with Crippen LogP contribution in [0.4, 0.5) is 0 Å². The Hall–Kier alpha value is -1.31. The third-order valence-electron chi connectivity index (χ3n) is 3.70. The molecular formula is C18H22ClN. The monoisotopic (exact) mass is 287 g/mol. The zero-order chi connectivity index (χ0) is 14.4. The molecule has 0 aromatic heterocycles. The van der Waals surface area contributed by atoms with Gasteiger partial charge in [0.05, 0.1) is 0 Å². The average molecular weight is 288 g/mol. The summed E-state index contributed by atoms with van der Waals surface area (Å²) in [6.07, 6.45) is 2.18. The Morgan fingerprint density at radius 2 is 1.70 bits per heavy atom. The normalized spacial score (nSPS) is 12.3. The Morgan fingerprint density at radius 3 is 2.35 bits per heavy atom. The van der Waals surface area contributed by atoms with E-state index < -0.39 is 0 Å². The third-order valence-corrected chi connectivity index (χ3v) is 3.95. The average Bonchev–Trinajstić information content (AvgIpc) is 2.44. The maximum absolute atomic E-state index is 5.95. The SMILES string of the molecule is CNCC(Cc1ccc(Cl)cc1)Cc1ccccc1C. The maximum atomic E-state index is 5.95. The molecule has 1 atom stereocenters. The molecule has 2 aromatic rings. The van der Waals surface area contributed by atoms with E-state index in [1.54, 1.807) is 0 Å². The Kier molecular flexibility index (Phi) is 5.63. The van der Waals surface area contributed by atoms with Gasteiger partial charge in [-0.3, -0.25) is 0 Å². The summed E-state index contributed by atoms with van der Waals surface area (Å²) in [6.45, 7) is 3.21. The van der Waals surface area contributed by atoms with Crippen LogP contribution in [0, 0.1) is 12.8 Å². The Balaban J connectivity index is 2.07. The van der Waals surface area contributed by atoms with Crippen molar-refractivity contribution >= 4 is 11.6 Å². The lowest BCUT2D eigenvalue weighted by molar-refractivity contribution is 0.492. The van der Waals surface area contributed by atoms with Gasteiger partial charge in [-0.15, -0.1) is 0 Å². The van der Waals surface area contributed by atoms with Crippen molar-refractivity contribution < 1.29 is 0 Å². The number of nitrogens with one attached hydrogen (secondary N) is 1. The zero-order valence-corrected chi connectivity index (χ0v) is 13.0. The van der Waals surface area contributed by atoms with Crippen molar-refractivity contribution in [2.24, 2.45) is 5.92 Å². The Morgan fingerprint density at radius 1 is 1.00 bits per heavy atom. The minimum atomic E-state index is 0.599. The number of benzene rings is 2. The van der Waals surface area contributed by atoms with Crippen molar-refractivity contribution in [3.05, 3.63) is 70.2 Å². The molecular weight excluding hydrogens is 266 g/mol. The molecule has 0 heterocycles. The van der Waals surface area contributed by atoms with Crippen LogP contribution < -0.4 is 5.32 Å². The molecule has 1 N–H and O–H groups in total. The summed E-state index contributed by atoms with van der Waals surface area (Å²) in [6, 6.07) is 16.9. The highest BCUT2D eigenvalue weighted by atomic mass is 35.5. The predicted octanol–water partition coefficient (Wildman–Crippen LogP) is 4.27. The van der Waals surface area contributed by atoms with Crippen LogP contribution in [0.2, 0.25) is 5.02 Å². The molecule has 1 unspecified atom stereocenters. The van der Waals surface area contributed by atoms with Crippen LogP contribution in [-0.2, 0) is 12.8 Å². The lowest BCUT2D eigenvalue weighted by Crippen LogP contribution is -2.23. The molecule has 20 heavy (non-hydrogen) atoms. The first-order chi connectivity index (χ1) is 9.69. The zero-order valence-electron chi connectivity index (χ0n) is 12.2. The fraction of sp³-hybridized carbons (Fsp3) is 0.333. The van der Waals surface area contributed by atoms with E-state index in [9.17, 15) is 0 Å². The van der Waals surface area contributed by atoms with Crippen molar-refractivity contribution in [3.63, 3.8) is 0 Å². The van der Waals surface area contributed by atoms with Gasteiger partial charge >= 0.3 is 0 Å². The van der Waals surface area contributed by atoms with Gasteiger partial charge in [-0.1, -0.05) is 48.0 Å². The molecule has 0 aliphatic carbocycles. The van der Waals surface area contributed by atoms with E-state index in [4.69, 9.17) is 11.6 Å². The maximum Gasteiger partial charge on any atom is 0.0406 e. The molecule has 0 aliphatic heterocycles. The quantitative estimate of drug-likeness (QED) is 0.837. The van der Waals surface area contributed by atoms with E-state index in [1.807, 2.05) is 19.2 Å². The molecule has 2 heteroatoms. The number of hydrogen-bond acceptors (Lipinski definition) is 1. The third kappa shape index (κ3) is 4.36. The van der Waals surface area contributed by atoms with Crippen LogP contribution in [0.25, 0.3) is 0 Å². The molecule has 0 amide bonds. The van der Waals surface area contributed by atoms with E-state index in [0.717, 1.165) is 24.4 Å². The standard InChI is InChI=1S/C18H22ClN/c1-14-5-3-4-6-17(14)12-16(13-20-2)11-15-7-9-18(19)10-8-15/h3-10,16,20H,11-13H2,1-2H3. The van der Waals surface area contributed by atoms with Crippen molar-refractivity contribution in [2.75, 3.05) is 13.6 Å². The van der Waals surface area contributed by atoms with Crippen LogP contribution in [0.15, 0.2) is 48.5 Å². The number of halogens is 1. The van der Waals surface area contributed by atoms with Gasteiger partial charge in [0.1, 0.15) is 0 Å². The fourth-order valence-electron chi connectivity index (χ4n) is 2.61. The van der Waals surface area contributed by atoms with Crippen LogP contribution in [0.5, 0.6) is 0 Å². The molecule has 1 nitrogen and oxygen atoms in total. The highest BCUT2D eigenvalue weighted by Crippen LogP contribution is 2.18. The van der Waals surface area contributed by atoms with Gasteiger partial charge in [-0.2, -0.15) is 0 Å². The van der Waals surface area contributed by atoms with Crippen molar-refractivity contribution in [2.45, 2.75) is 19.8 Å². The first kappa shape index (κ1) is 15.1. The van der Waals surface area contributed by atoms with E-state index in [2.05, 4.69) is 48.6 Å². The summed E-state index contributed by atoms with van der Waals surface area (Å²) in [4.78, 5) is 0. The molecule has 0 radical (unpaired) electrons. The molecule has 0 saturated carbocycles. The van der Waals surface area contributed by atoms with Crippen LogP contribution in [0.3, 0.4) is 0 Å². The highest BCUT2D eigenvalue weighted by Gasteiger charge is 2.11. The first-order valence-electron chi connectivity index (χ1n) is 7.12. The lowest BCUT2D eigenvalue weighted by Gasteiger charge is -2.18. The summed E-state index contributed by atoms with van der Waals surface area (Å²) in [7, 11) is 2.02. The minimum Gasteiger partial charge on any atom is -0.319 e. The summed E-state index contributed by atoms with van der Waals surface area (Å²) in [5.41, 5.74) is 4.18. The van der Waals surface area contributed by atoms with Gasteiger partial charge in [0.15, 0.2) is 0 Å². The minimum absolute atomic E-state index is 0.599. The second-order valence-electron chi connectivity index (χ2n) is 5.38. The van der Waals surface area contributed by atoms with Gasteiger partial charge in [0, 0.05) is 5.02 Å². The van der Waals surface area contributed by atoms with E-state index >= 15 is 0 Å². The smallest absolute Gasteiger partial charge is 0.0406 e. The van der Waals surface area contributed by atoms with Gasteiger partial charge in [0.25, 0.3) is 0 Å². The number of hydrogen-bond donors (Lipinski definition) is 1. The summed E-state index contributed by atoms with van der Waals surface area (Å²) in [5.74, 6) is 0.599. The summed E-state index contributed by atoms with van der Waals surface area (Å²) in [5, 5.41) is 4.12. The second kappa shape index (κ2) is 7.47. The highest BCUT2D eigenvalue weighted by molar-refractivity contribution is 6.30. The molecule has 106 valence electrons. The van der Waals surface area contributed by atoms with Gasteiger partial charge in [0.2, 0.25) is 0 Å². The number of rotatable bonds is 6. The molecule has 0 fully saturated rings. The lowest BCUT2D eigenvalue weighted by atomic mass is 9.91. The molecule has 0 bridgehead atoms. The van der Waals surface area contributed by atoms with Gasteiger partial charge in [-0.25, -0.2) is 0 Å². The number of aryl methyl sites for hydroxylation is 1. The predicted molar refractivity (Wildman–Crippen MR) is 87.5 cm³/mol. The van der Waals surface area contributed by atoms with Crippen molar-refractivity contribution in [3.8, 4) is 0 Å². The van der Waals surface area contributed by atoms with Crippen molar-refractivity contribution in [1.82, 2.24) is 5.32 Å². The molecule has 2 rings (SSSR count). The van der Waals surface area contributed by atoms with Gasteiger partial charge in [-0.05, 0) is 68.1 Å². The van der Waals surface area contributed by atoms with Crippen molar-refractivity contribution in [1.29, 1.82) is 0 Å². The van der Waals surface area contributed by atoms with Gasteiger partial charge < -0.3 is 5.32 Å². The van der Waals surface area contributed by atoms with Crippen LogP contribution in [0.1, 0.15) is 16.7 Å². The Labute approximate surface area is 127 Å². The molecule has 0 spiro atoms. The summed E-state index contributed by atoms with van der Waals surface area (Å²) >= 11 is 5.95. The van der Waals surface area contributed by atoms with Crippen LogP contribution in [-0.4, -0.2) is 13.6 Å². The second-order valence-corrected chi connectivity index (χ2v) is 5.82. The van der Waals surface area contributed by atoms with E-state index in [0.29, 0.717) is 5.92 Å². The topological polar surface area (TPSA) is 12.0 Å².